The van der Waals surface area contributed by atoms with Crippen LogP contribution in [0.1, 0.15) is 30.5 Å². The maximum absolute atomic E-state index is 5.76. The molecule has 0 aliphatic heterocycles. The third-order valence-electron chi connectivity index (χ3n) is 3.27. The Morgan fingerprint density at radius 2 is 2.00 bits per heavy atom. The molecule has 0 spiro atoms. The second-order valence-electron chi connectivity index (χ2n) is 4.49. The Bertz CT molecular complexity index is 558. The van der Waals surface area contributed by atoms with E-state index < -0.39 is 0 Å². The molecule has 5 nitrogen and oxygen atoms in total. The van der Waals surface area contributed by atoms with Gasteiger partial charge in [-0.25, -0.2) is 14.6 Å². The van der Waals surface area contributed by atoms with E-state index in [0.29, 0.717) is 5.82 Å². The molecular formula is C12H14BrN5. The van der Waals surface area contributed by atoms with Crippen molar-refractivity contribution in [2.45, 2.75) is 32.1 Å². The number of halogens is 1. The van der Waals surface area contributed by atoms with Crippen LogP contribution in [0.3, 0.4) is 0 Å². The van der Waals surface area contributed by atoms with Crippen molar-refractivity contribution in [3.05, 3.63) is 28.3 Å². The lowest BCUT2D eigenvalue weighted by molar-refractivity contribution is 0.707. The molecule has 2 aromatic rings. The summed E-state index contributed by atoms with van der Waals surface area (Å²) >= 11 is 3.37. The van der Waals surface area contributed by atoms with Gasteiger partial charge in [-0.15, -0.1) is 5.10 Å². The van der Waals surface area contributed by atoms with Crippen molar-refractivity contribution >= 4 is 21.7 Å². The summed E-state index contributed by atoms with van der Waals surface area (Å²) in [5.74, 6) is 1.34. The molecule has 6 heteroatoms. The van der Waals surface area contributed by atoms with Crippen molar-refractivity contribution in [3.63, 3.8) is 0 Å². The normalized spacial score (nSPS) is 15.2. The van der Waals surface area contributed by atoms with Gasteiger partial charge in [0.05, 0.1) is 4.47 Å². The van der Waals surface area contributed by atoms with E-state index in [0.717, 1.165) is 28.8 Å². The smallest absolute Gasteiger partial charge is 0.160 e. The fraction of sp³-hybridized carbons (Fsp3) is 0.417. The number of hydrogen-bond donors (Lipinski definition) is 1. The third-order valence-corrected chi connectivity index (χ3v) is 3.88. The van der Waals surface area contributed by atoms with Gasteiger partial charge in [-0.3, -0.25) is 0 Å². The fourth-order valence-electron chi connectivity index (χ4n) is 2.35. The van der Waals surface area contributed by atoms with Crippen molar-refractivity contribution in [2.24, 2.45) is 0 Å². The van der Waals surface area contributed by atoms with Crippen LogP contribution in [0.2, 0.25) is 0 Å². The molecule has 0 atom stereocenters. The molecule has 0 saturated carbocycles. The lowest BCUT2D eigenvalue weighted by atomic mass is 10.1. The van der Waals surface area contributed by atoms with Gasteiger partial charge in [0.2, 0.25) is 0 Å². The van der Waals surface area contributed by atoms with Gasteiger partial charge < -0.3 is 5.73 Å². The molecular weight excluding hydrogens is 294 g/mol. The van der Waals surface area contributed by atoms with Crippen LogP contribution in [0.25, 0.3) is 5.82 Å². The molecule has 0 fully saturated rings. The Balaban J connectivity index is 2.12. The van der Waals surface area contributed by atoms with Crippen LogP contribution in [-0.4, -0.2) is 19.7 Å². The van der Waals surface area contributed by atoms with E-state index in [2.05, 4.69) is 31.0 Å². The molecule has 0 saturated heterocycles. The molecule has 2 heterocycles. The van der Waals surface area contributed by atoms with Crippen LogP contribution in [0.4, 0.5) is 5.82 Å². The van der Waals surface area contributed by atoms with Gasteiger partial charge >= 0.3 is 0 Å². The molecule has 1 aliphatic carbocycles. The minimum Gasteiger partial charge on any atom is -0.381 e. The van der Waals surface area contributed by atoms with E-state index in [-0.39, 0.29) is 0 Å². The Morgan fingerprint density at radius 3 is 2.78 bits per heavy atom. The van der Waals surface area contributed by atoms with E-state index in [4.69, 9.17) is 5.73 Å². The molecule has 2 aromatic heterocycles. The first kappa shape index (κ1) is 11.6. The number of nitrogen functional groups attached to an aromatic ring is 1. The number of fused-ring (bicyclic) bond motifs is 1. The Labute approximate surface area is 114 Å². The van der Waals surface area contributed by atoms with E-state index in [1.54, 1.807) is 11.0 Å². The highest BCUT2D eigenvalue weighted by atomic mass is 79.9. The first-order valence-electron chi connectivity index (χ1n) is 6.09. The monoisotopic (exact) mass is 307 g/mol. The summed E-state index contributed by atoms with van der Waals surface area (Å²) in [5.41, 5.74) is 8.13. The van der Waals surface area contributed by atoms with Crippen molar-refractivity contribution in [3.8, 4) is 5.82 Å². The molecule has 18 heavy (non-hydrogen) atoms. The highest BCUT2D eigenvalue weighted by Crippen LogP contribution is 2.25. The highest BCUT2D eigenvalue weighted by molar-refractivity contribution is 9.10. The van der Waals surface area contributed by atoms with E-state index in [9.17, 15) is 0 Å². The zero-order valence-corrected chi connectivity index (χ0v) is 11.5. The van der Waals surface area contributed by atoms with Gasteiger partial charge in [-0.2, -0.15) is 0 Å². The SMILES string of the molecule is Nc1nn(-c2ncnc3c2CCCCC3)cc1Br. The number of nitrogens with zero attached hydrogens (tertiary/aromatic N) is 4. The van der Waals surface area contributed by atoms with E-state index in [1.165, 1.54) is 24.8 Å². The van der Waals surface area contributed by atoms with Crippen LogP contribution in [0.15, 0.2) is 17.0 Å². The van der Waals surface area contributed by atoms with Gasteiger partial charge in [-0.1, -0.05) is 6.42 Å². The molecule has 0 aromatic carbocycles. The third kappa shape index (κ3) is 2.01. The minimum atomic E-state index is 0.482. The quantitative estimate of drug-likeness (QED) is 0.821. The van der Waals surface area contributed by atoms with Crippen molar-refractivity contribution in [1.82, 2.24) is 19.7 Å². The molecule has 0 radical (unpaired) electrons. The number of aryl methyl sites for hydroxylation is 1. The highest BCUT2D eigenvalue weighted by Gasteiger charge is 2.16. The zero-order valence-electron chi connectivity index (χ0n) is 9.93. The molecule has 1 aliphatic rings. The van der Waals surface area contributed by atoms with Crippen molar-refractivity contribution in [2.75, 3.05) is 5.73 Å². The molecule has 0 amide bonds. The average molecular weight is 308 g/mol. The second kappa shape index (κ2) is 4.68. The predicted molar refractivity (Wildman–Crippen MR) is 72.5 cm³/mol. The maximum Gasteiger partial charge on any atom is 0.160 e. The van der Waals surface area contributed by atoms with Gasteiger partial charge in [0.15, 0.2) is 11.6 Å². The Morgan fingerprint density at radius 1 is 1.17 bits per heavy atom. The average Bonchev–Trinajstić information content (AvgIpc) is 2.59. The van der Waals surface area contributed by atoms with Crippen molar-refractivity contribution in [1.29, 1.82) is 0 Å². The summed E-state index contributed by atoms with van der Waals surface area (Å²) in [6.07, 6.45) is 9.15. The first-order valence-corrected chi connectivity index (χ1v) is 6.89. The number of rotatable bonds is 1. The van der Waals surface area contributed by atoms with Gasteiger partial charge in [0, 0.05) is 17.5 Å². The number of anilines is 1. The summed E-state index contributed by atoms with van der Waals surface area (Å²) < 4.78 is 2.54. The maximum atomic E-state index is 5.76. The lowest BCUT2D eigenvalue weighted by Gasteiger charge is -2.09. The summed E-state index contributed by atoms with van der Waals surface area (Å²) in [7, 11) is 0. The molecule has 0 bridgehead atoms. The molecule has 2 N–H and O–H groups in total. The van der Waals surface area contributed by atoms with E-state index in [1.807, 2.05) is 6.20 Å². The van der Waals surface area contributed by atoms with Gasteiger partial charge in [-0.05, 0) is 41.6 Å². The standard InChI is InChI=1S/C12H14BrN5/c13-9-6-18(17-11(9)14)12-8-4-2-1-3-5-10(8)15-7-16-12/h6-7H,1-5H2,(H2,14,17). The Hall–Kier alpha value is -1.43. The number of aromatic nitrogens is 4. The summed E-state index contributed by atoms with van der Waals surface area (Å²) in [6.45, 7) is 0. The number of hydrogen-bond acceptors (Lipinski definition) is 4. The summed E-state index contributed by atoms with van der Waals surface area (Å²) in [6, 6.07) is 0. The molecule has 3 rings (SSSR count). The predicted octanol–water partition coefficient (Wildman–Crippen LogP) is 2.28. The fourth-order valence-corrected chi connectivity index (χ4v) is 2.63. The lowest BCUT2D eigenvalue weighted by Crippen LogP contribution is -2.08. The van der Waals surface area contributed by atoms with Crippen LogP contribution < -0.4 is 5.73 Å². The van der Waals surface area contributed by atoms with Crippen LogP contribution in [0.5, 0.6) is 0 Å². The van der Waals surface area contributed by atoms with Gasteiger partial charge in [0.25, 0.3) is 0 Å². The minimum absolute atomic E-state index is 0.482. The Kier molecular flexibility index (Phi) is 3.03. The zero-order chi connectivity index (χ0) is 12.5. The first-order chi connectivity index (χ1) is 8.75. The summed E-state index contributed by atoms with van der Waals surface area (Å²) in [4.78, 5) is 8.77. The number of nitrogens with two attached hydrogens (primary N) is 1. The van der Waals surface area contributed by atoms with Gasteiger partial charge in [0.1, 0.15) is 6.33 Å². The largest absolute Gasteiger partial charge is 0.381 e. The van der Waals surface area contributed by atoms with Crippen LogP contribution in [-0.2, 0) is 12.8 Å². The second-order valence-corrected chi connectivity index (χ2v) is 5.34. The molecule has 94 valence electrons. The molecule has 0 unspecified atom stereocenters. The topological polar surface area (TPSA) is 69.6 Å². The van der Waals surface area contributed by atoms with Crippen LogP contribution in [0, 0.1) is 0 Å². The summed E-state index contributed by atoms with van der Waals surface area (Å²) in [5, 5.41) is 4.28. The van der Waals surface area contributed by atoms with Crippen molar-refractivity contribution < 1.29 is 0 Å². The van der Waals surface area contributed by atoms with Crippen LogP contribution >= 0.6 is 15.9 Å². The van der Waals surface area contributed by atoms with E-state index >= 15 is 0 Å².